The van der Waals surface area contributed by atoms with E-state index in [0.29, 0.717) is 17.1 Å². The summed E-state index contributed by atoms with van der Waals surface area (Å²) < 4.78 is 23.3. The molecule has 21 heavy (non-hydrogen) atoms. The Hall–Kier alpha value is -2.96. The number of hydrogen-bond acceptors (Lipinski definition) is 6. The maximum Gasteiger partial charge on any atom is 0.264 e. The van der Waals surface area contributed by atoms with Gasteiger partial charge in [-0.05, 0) is 24.3 Å². The van der Waals surface area contributed by atoms with E-state index in [1.807, 2.05) is 12.1 Å². The first-order valence-corrected chi connectivity index (χ1v) is 6.14. The van der Waals surface area contributed by atoms with Crippen molar-refractivity contribution in [1.29, 1.82) is 0 Å². The molecular weight excluding hydrogens is 275 g/mol. The number of nitrogen functional groups attached to an aromatic ring is 1. The van der Waals surface area contributed by atoms with Crippen molar-refractivity contribution in [2.24, 2.45) is 0 Å². The molecule has 0 fully saturated rings. The van der Waals surface area contributed by atoms with Crippen molar-refractivity contribution >= 4 is 5.69 Å². The van der Waals surface area contributed by atoms with Gasteiger partial charge >= 0.3 is 0 Å². The molecule has 3 aromatic rings. The highest BCUT2D eigenvalue weighted by Crippen LogP contribution is 2.21. The molecule has 2 heterocycles. The van der Waals surface area contributed by atoms with Crippen LogP contribution in [0.5, 0.6) is 5.75 Å². The van der Waals surface area contributed by atoms with Crippen molar-refractivity contribution in [3.63, 3.8) is 0 Å². The quantitative estimate of drug-likeness (QED) is 0.741. The molecule has 6 nitrogen and oxygen atoms in total. The number of para-hydroxylation sites is 2. The molecule has 0 bridgehead atoms. The Morgan fingerprint density at radius 3 is 2.81 bits per heavy atom. The molecule has 0 unspecified atom stereocenters. The number of pyridine rings is 1. The van der Waals surface area contributed by atoms with Crippen LogP contribution < -0.4 is 10.5 Å². The van der Waals surface area contributed by atoms with Crippen LogP contribution in [0.2, 0.25) is 0 Å². The Labute approximate surface area is 119 Å². The van der Waals surface area contributed by atoms with E-state index in [9.17, 15) is 4.39 Å². The number of benzene rings is 1. The van der Waals surface area contributed by atoms with E-state index in [-0.39, 0.29) is 18.3 Å². The van der Waals surface area contributed by atoms with Gasteiger partial charge in [-0.15, -0.1) is 0 Å². The van der Waals surface area contributed by atoms with Crippen molar-refractivity contribution in [2.45, 2.75) is 6.61 Å². The topological polar surface area (TPSA) is 87.1 Å². The van der Waals surface area contributed by atoms with Gasteiger partial charge in [0.05, 0.1) is 11.9 Å². The lowest BCUT2D eigenvalue weighted by Crippen LogP contribution is -1.98. The average Bonchev–Trinajstić information content (AvgIpc) is 2.96. The molecule has 0 aliphatic heterocycles. The lowest BCUT2D eigenvalue weighted by Gasteiger charge is -2.05. The Kier molecular flexibility index (Phi) is 3.46. The van der Waals surface area contributed by atoms with Crippen molar-refractivity contribution in [3.05, 3.63) is 54.3 Å². The second kappa shape index (κ2) is 5.58. The molecular formula is C14H11FN4O2. The SMILES string of the molecule is Nc1ccccc1OCc1nc(-c2ccc(F)cn2)no1. The van der Waals surface area contributed by atoms with Crippen LogP contribution in [-0.4, -0.2) is 15.1 Å². The summed E-state index contributed by atoms with van der Waals surface area (Å²) in [5.41, 5.74) is 6.71. The summed E-state index contributed by atoms with van der Waals surface area (Å²) in [4.78, 5) is 8.00. The minimum atomic E-state index is -0.426. The largest absolute Gasteiger partial charge is 0.482 e. The first-order valence-electron chi connectivity index (χ1n) is 6.14. The van der Waals surface area contributed by atoms with Crippen LogP contribution in [0.15, 0.2) is 47.1 Å². The van der Waals surface area contributed by atoms with Crippen LogP contribution in [0.1, 0.15) is 5.89 Å². The fourth-order valence-electron chi connectivity index (χ4n) is 1.68. The van der Waals surface area contributed by atoms with E-state index in [0.717, 1.165) is 6.20 Å². The van der Waals surface area contributed by atoms with Crippen LogP contribution in [0, 0.1) is 5.82 Å². The fourth-order valence-corrected chi connectivity index (χ4v) is 1.68. The molecule has 1 aromatic carbocycles. The third-order valence-corrected chi connectivity index (χ3v) is 2.69. The van der Waals surface area contributed by atoms with Gasteiger partial charge in [-0.3, -0.25) is 0 Å². The van der Waals surface area contributed by atoms with Crippen molar-refractivity contribution in [2.75, 3.05) is 5.73 Å². The van der Waals surface area contributed by atoms with Crippen molar-refractivity contribution in [1.82, 2.24) is 15.1 Å². The van der Waals surface area contributed by atoms with Gasteiger partial charge in [-0.25, -0.2) is 9.37 Å². The minimum Gasteiger partial charge on any atom is -0.482 e. The Morgan fingerprint density at radius 2 is 2.05 bits per heavy atom. The molecule has 0 atom stereocenters. The molecule has 0 amide bonds. The monoisotopic (exact) mass is 286 g/mol. The van der Waals surface area contributed by atoms with E-state index < -0.39 is 5.82 Å². The van der Waals surface area contributed by atoms with Crippen molar-refractivity contribution < 1.29 is 13.7 Å². The molecule has 0 radical (unpaired) electrons. The van der Waals surface area contributed by atoms with E-state index >= 15 is 0 Å². The molecule has 106 valence electrons. The standard InChI is InChI=1S/C14H11FN4O2/c15-9-5-6-11(17-7-9)14-18-13(21-19-14)8-20-12-4-2-1-3-10(12)16/h1-7H,8,16H2. The molecule has 2 aromatic heterocycles. The zero-order valence-corrected chi connectivity index (χ0v) is 10.9. The predicted octanol–water partition coefficient (Wildman–Crippen LogP) is 2.43. The second-order valence-corrected chi connectivity index (χ2v) is 4.20. The van der Waals surface area contributed by atoms with Gasteiger partial charge in [-0.2, -0.15) is 4.98 Å². The van der Waals surface area contributed by atoms with E-state index in [1.165, 1.54) is 12.1 Å². The number of hydrogen-bond donors (Lipinski definition) is 1. The number of nitrogens with two attached hydrogens (primary N) is 1. The summed E-state index contributed by atoms with van der Waals surface area (Å²) in [7, 11) is 0. The summed E-state index contributed by atoms with van der Waals surface area (Å²) in [6, 6.07) is 9.85. The normalized spacial score (nSPS) is 10.5. The van der Waals surface area contributed by atoms with Crippen LogP contribution in [0.4, 0.5) is 10.1 Å². The summed E-state index contributed by atoms with van der Waals surface area (Å²) in [5, 5.41) is 3.77. The van der Waals surface area contributed by atoms with E-state index in [4.69, 9.17) is 15.0 Å². The average molecular weight is 286 g/mol. The number of nitrogens with zero attached hydrogens (tertiary/aromatic N) is 3. The highest BCUT2D eigenvalue weighted by molar-refractivity contribution is 5.51. The first kappa shape index (κ1) is 13.0. The third kappa shape index (κ3) is 2.97. The molecule has 0 saturated heterocycles. The lowest BCUT2D eigenvalue weighted by atomic mass is 10.3. The highest BCUT2D eigenvalue weighted by Gasteiger charge is 2.11. The molecule has 0 aliphatic carbocycles. The van der Waals surface area contributed by atoms with E-state index in [1.54, 1.807) is 12.1 Å². The number of rotatable bonds is 4. The van der Waals surface area contributed by atoms with Gasteiger partial charge in [0.25, 0.3) is 5.89 Å². The van der Waals surface area contributed by atoms with Gasteiger partial charge in [0.2, 0.25) is 5.82 Å². The molecule has 3 rings (SSSR count). The Balaban J connectivity index is 1.71. The number of halogens is 1. The van der Waals surface area contributed by atoms with Crippen molar-refractivity contribution in [3.8, 4) is 17.3 Å². The lowest BCUT2D eigenvalue weighted by molar-refractivity contribution is 0.244. The number of ether oxygens (including phenoxy) is 1. The van der Waals surface area contributed by atoms with Gasteiger partial charge in [0, 0.05) is 0 Å². The zero-order chi connectivity index (χ0) is 14.7. The van der Waals surface area contributed by atoms with Gasteiger partial charge in [0.1, 0.15) is 17.3 Å². The van der Waals surface area contributed by atoms with Gasteiger partial charge in [-0.1, -0.05) is 17.3 Å². The summed E-state index contributed by atoms with van der Waals surface area (Å²) in [5.74, 6) is 0.663. The molecule has 0 saturated carbocycles. The summed E-state index contributed by atoms with van der Waals surface area (Å²) >= 11 is 0. The summed E-state index contributed by atoms with van der Waals surface area (Å²) in [6.07, 6.45) is 1.09. The fraction of sp³-hybridized carbons (Fsp3) is 0.0714. The van der Waals surface area contributed by atoms with Gasteiger partial charge in [0.15, 0.2) is 6.61 Å². The van der Waals surface area contributed by atoms with Crippen LogP contribution in [-0.2, 0) is 6.61 Å². The zero-order valence-electron chi connectivity index (χ0n) is 10.9. The molecule has 7 heteroatoms. The highest BCUT2D eigenvalue weighted by atomic mass is 19.1. The maximum absolute atomic E-state index is 12.8. The maximum atomic E-state index is 12.8. The Morgan fingerprint density at radius 1 is 1.19 bits per heavy atom. The first-order chi connectivity index (χ1) is 10.2. The number of anilines is 1. The number of aromatic nitrogens is 3. The minimum absolute atomic E-state index is 0.0857. The molecule has 2 N–H and O–H groups in total. The Bertz CT molecular complexity index is 743. The van der Waals surface area contributed by atoms with Crippen LogP contribution >= 0.6 is 0 Å². The van der Waals surface area contributed by atoms with Gasteiger partial charge < -0.3 is 15.0 Å². The smallest absolute Gasteiger partial charge is 0.264 e. The van der Waals surface area contributed by atoms with E-state index in [2.05, 4.69) is 15.1 Å². The van der Waals surface area contributed by atoms with Crippen LogP contribution in [0.3, 0.4) is 0 Å². The third-order valence-electron chi connectivity index (χ3n) is 2.69. The molecule has 0 aliphatic rings. The predicted molar refractivity (Wildman–Crippen MR) is 72.7 cm³/mol. The summed E-state index contributed by atoms with van der Waals surface area (Å²) in [6.45, 7) is 0.0857. The van der Waals surface area contributed by atoms with Crippen LogP contribution in [0.25, 0.3) is 11.5 Å². The second-order valence-electron chi connectivity index (χ2n) is 4.20. The molecule has 0 spiro atoms.